The zero-order valence-electron chi connectivity index (χ0n) is 16.5. The predicted octanol–water partition coefficient (Wildman–Crippen LogP) is 4.43. The van der Waals surface area contributed by atoms with Crippen LogP contribution in [-0.2, 0) is 9.53 Å². The normalized spacial score (nSPS) is 11.9. The number of ether oxygens (including phenoxy) is 1. The number of fused-ring (bicyclic) bond motifs is 1. The number of amides is 1. The molecular weight excluding hydrogens is 384 g/mol. The maximum absolute atomic E-state index is 12.8. The molecule has 0 radical (unpaired) electrons. The maximum atomic E-state index is 12.8. The molecule has 152 valence electrons. The van der Waals surface area contributed by atoms with Crippen molar-refractivity contribution >= 4 is 22.8 Å². The second kappa shape index (κ2) is 8.24. The average Bonchev–Trinajstić information content (AvgIpc) is 3.43. The molecule has 1 amide bonds. The number of para-hydroxylation sites is 1. The molecule has 0 saturated heterocycles. The van der Waals surface area contributed by atoms with Crippen molar-refractivity contribution in [3.63, 3.8) is 0 Å². The summed E-state index contributed by atoms with van der Waals surface area (Å²) < 4.78 is 16.2. The van der Waals surface area contributed by atoms with Crippen molar-refractivity contribution in [2.45, 2.75) is 19.9 Å². The van der Waals surface area contributed by atoms with Gasteiger partial charge in [-0.3, -0.25) is 4.79 Å². The van der Waals surface area contributed by atoms with Crippen molar-refractivity contribution in [1.82, 2.24) is 10.3 Å². The summed E-state index contributed by atoms with van der Waals surface area (Å²) in [5, 5.41) is 3.37. The van der Waals surface area contributed by atoms with Crippen LogP contribution in [-0.4, -0.2) is 23.5 Å². The van der Waals surface area contributed by atoms with Crippen LogP contribution in [0.15, 0.2) is 69.7 Å². The molecule has 3 aromatic heterocycles. The fraction of sp³-hybridized carbons (Fsp3) is 0.174. The number of rotatable bonds is 6. The van der Waals surface area contributed by atoms with E-state index in [-0.39, 0.29) is 6.04 Å². The van der Waals surface area contributed by atoms with Crippen molar-refractivity contribution in [1.29, 1.82) is 0 Å². The van der Waals surface area contributed by atoms with Gasteiger partial charge in [-0.25, -0.2) is 9.78 Å². The summed E-state index contributed by atoms with van der Waals surface area (Å²) in [4.78, 5) is 29.5. The number of hydrogen-bond acceptors (Lipinski definition) is 6. The standard InChI is InChI=1S/C23H20N2O5/c1-14-9-10-21(30-14)19-12-17(16-6-3-4-7-18(16)25-19)23(27)29-13-22(26)24-15(2)20-8-5-11-28-20/h3-12,15H,13H2,1-2H3,(H,24,26)/t15-/m1/s1. The number of nitrogens with zero attached hydrogens (tertiary/aromatic N) is 1. The van der Waals surface area contributed by atoms with Crippen LogP contribution in [0.4, 0.5) is 0 Å². The number of aromatic nitrogens is 1. The van der Waals surface area contributed by atoms with Crippen molar-refractivity contribution in [3.05, 3.63) is 77.9 Å². The predicted molar refractivity (Wildman–Crippen MR) is 110 cm³/mol. The van der Waals surface area contributed by atoms with E-state index in [0.717, 1.165) is 5.76 Å². The number of esters is 1. The van der Waals surface area contributed by atoms with E-state index in [1.165, 1.54) is 6.26 Å². The lowest BCUT2D eigenvalue weighted by atomic mass is 10.1. The SMILES string of the molecule is Cc1ccc(-c2cc(C(=O)OCC(=O)N[C@H](C)c3ccco3)c3ccccc3n2)o1. The van der Waals surface area contributed by atoms with E-state index < -0.39 is 18.5 Å². The van der Waals surface area contributed by atoms with Crippen LogP contribution in [0.25, 0.3) is 22.4 Å². The van der Waals surface area contributed by atoms with Crippen LogP contribution in [0.3, 0.4) is 0 Å². The summed E-state index contributed by atoms with van der Waals surface area (Å²) in [6, 6.07) is 15.7. The van der Waals surface area contributed by atoms with E-state index in [1.54, 1.807) is 37.3 Å². The van der Waals surface area contributed by atoms with Gasteiger partial charge >= 0.3 is 5.97 Å². The average molecular weight is 404 g/mol. The zero-order valence-corrected chi connectivity index (χ0v) is 16.5. The van der Waals surface area contributed by atoms with E-state index >= 15 is 0 Å². The Hall–Kier alpha value is -3.87. The van der Waals surface area contributed by atoms with E-state index in [4.69, 9.17) is 13.6 Å². The molecule has 0 fully saturated rings. The van der Waals surface area contributed by atoms with Gasteiger partial charge in [-0.2, -0.15) is 0 Å². The minimum Gasteiger partial charge on any atom is -0.467 e. The third-order valence-corrected chi connectivity index (χ3v) is 4.61. The van der Waals surface area contributed by atoms with E-state index in [1.807, 2.05) is 31.2 Å². The first-order chi connectivity index (χ1) is 14.5. The fourth-order valence-corrected chi connectivity index (χ4v) is 3.14. The second-order valence-electron chi connectivity index (χ2n) is 6.86. The number of hydrogen-bond donors (Lipinski definition) is 1. The highest BCUT2D eigenvalue weighted by atomic mass is 16.5. The van der Waals surface area contributed by atoms with Crippen LogP contribution in [0.5, 0.6) is 0 Å². The highest BCUT2D eigenvalue weighted by Crippen LogP contribution is 2.26. The smallest absolute Gasteiger partial charge is 0.339 e. The number of benzene rings is 1. The van der Waals surface area contributed by atoms with Crippen molar-refractivity contribution in [2.75, 3.05) is 6.61 Å². The molecule has 4 rings (SSSR count). The van der Waals surface area contributed by atoms with Gasteiger partial charge in [0.05, 0.1) is 23.4 Å². The Kier molecular flexibility index (Phi) is 5.34. The van der Waals surface area contributed by atoms with Gasteiger partial charge in [0.1, 0.15) is 17.2 Å². The van der Waals surface area contributed by atoms with Crippen LogP contribution in [0.2, 0.25) is 0 Å². The molecule has 7 heteroatoms. The van der Waals surface area contributed by atoms with Gasteiger partial charge in [-0.05, 0) is 50.2 Å². The van der Waals surface area contributed by atoms with Crippen LogP contribution < -0.4 is 5.32 Å². The molecule has 0 unspecified atom stereocenters. The molecule has 0 bridgehead atoms. The molecule has 3 heterocycles. The van der Waals surface area contributed by atoms with Gasteiger partial charge in [0.2, 0.25) is 0 Å². The lowest BCUT2D eigenvalue weighted by Gasteiger charge is -2.12. The van der Waals surface area contributed by atoms with Gasteiger partial charge < -0.3 is 18.9 Å². The van der Waals surface area contributed by atoms with Gasteiger partial charge in [-0.15, -0.1) is 0 Å². The molecule has 0 aliphatic carbocycles. The van der Waals surface area contributed by atoms with E-state index in [0.29, 0.717) is 33.7 Å². The monoisotopic (exact) mass is 404 g/mol. The Balaban J connectivity index is 1.53. The number of nitrogens with one attached hydrogen (secondary N) is 1. The Morgan fingerprint density at radius 2 is 1.97 bits per heavy atom. The minimum absolute atomic E-state index is 0.316. The Labute approximate surface area is 172 Å². The molecule has 4 aromatic rings. The first kappa shape index (κ1) is 19.4. The maximum Gasteiger partial charge on any atom is 0.339 e. The second-order valence-corrected chi connectivity index (χ2v) is 6.86. The quantitative estimate of drug-likeness (QED) is 0.478. The van der Waals surface area contributed by atoms with Crippen molar-refractivity contribution in [3.8, 4) is 11.5 Å². The lowest BCUT2D eigenvalue weighted by Crippen LogP contribution is -2.31. The van der Waals surface area contributed by atoms with Gasteiger partial charge in [0, 0.05) is 5.39 Å². The summed E-state index contributed by atoms with van der Waals surface area (Å²) in [5.74, 6) is 0.878. The first-order valence-electron chi connectivity index (χ1n) is 9.48. The summed E-state index contributed by atoms with van der Waals surface area (Å²) in [6.07, 6.45) is 1.53. The highest BCUT2D eigenvalue weighted by molar-refractivity contribution is 6.05. The van der Waals surface area contributed by atoms with E-state index in [2.05, 4.69) is 10.3 Å². The van der Waals surface area contributed by atoms with Gasteiger partial charge in [0.15, 0.2) is 12.4 Å². The van der Waals surface area contributed by atoms with Crippen molar-refractivity contribution < 1.29 is 23.2 Å². The van der Waals surface area contributed by atoms with Crippen molar-refractivity contribution in [2.24, 2.45) is 0 Å². The van der Waals surface area contributed by atoms with Crippen LogP contribution >= 0.6 is 0 Å². The summed E-state index contributed by atoms with van der Waals surface area (Å²) in [7, 11) is 0. The van der Waals surface area contributed by atoms with E-state index in [9.17, 15) is 9.59 Å². The molecule has 1 atom stereocenters. The minimum atomic E-state index is -0.612. The molecule has 0 spiro atoms. The first-order valence-corrected chi connectivity index (χ1v) is 9.48. The number of furan rings is 2. The Morgan fingerprint density at radius 1 is 1.13 bits per heavy atom. The molecule has 0 saturated carbocycles. The fourth-order valence-electron chi connectivity index (χ4n) is 3.14. The zero-order chi connectivity index (χ0) is 21.1. The Bertz CT molecular complexity index is 1190. The highest BCUT2D eigenvalue weighted by Gasteiger charge is 2.18. The topological polar surface area (TPSA) is 94.6 Å². The summed E-state index contributed by atoms with van der Waals surface area (Å²) in [6.45, 7) is 3.21. The molecule has 1 N–H and O–H groups in total. The number of aryl methyl sites for hydroxylation is 1. The third-order valence-electron chi connectivity index (χ3n) is 4.61. The van der Waals surface area contributed by atoms with Gasteiger partial charge in [0.25, 0.3) is 5.91 Å². The Morgan fingerprint density at radius 3 is 2.70 bits per heavy atom. The molecular formula is C23H20N2O5. The lowest BCUT2D eigenvalue weighted by molar-refractivity contribution is -0.125. The molecule has 7 nitrogen and oxygen atoms in total. The molecule has 0 aliphatic heterocycles. The number of carbonyl (C=O) groups is 2. The molecule has 1 aromatic carbocycles. The largest absolute Gasteiger partial charge is 0.467 e. The number of carbonyl (C=O) groups excluding carboxylic acids is 2. The summed E-state index contributed by atoms with van der Waals surface area (Å²) >= 11 is 0. The van der Waals surface area contributed by atoms with Gasteiger partial charge in [-0.1, -0.05) is 18.2 Å². The molecule has 30 heavy (non-hydrogen) atoms. The number of pyridine rings is 1. The molecule has 0 aliphatic rings. The van der Waals surface area contributed by atoms with Crippen LogP contribution in [0, 0.1) is 6.92 Å². The summed E-state index contributed by atoms with van der Waals surface area (Å²) in [5.41, 5.74) is 1.47. The van der Waals surface area contributed by atoms with Crippen LogP contribution in [0.1, 0.15) is 34.8 Å². The third kappa shape index (κ3) is 4.10.